The summed E-state index contributed by atoms with van der Waals surface area (Å²) in [4.78, 5) is 14.7. The van der Waals surface area contributed by atoms with E-state index >= 15 is 0 Å². The zero-order valence-electron chi connectivity index (χ0n) is 7.54. The van der Waals surface area contributed by atoms with E-state index in [1.54, 1.807) is 6.92 Å². The summed E-state index contributed by atoms with van der Waals surface area (Å²) in [5.41, 5.74) is -0.713. The van der Waals surface area contributed by atoms with Crippen molar-refractivity contribution >= 4 is 5.97 Å². The van der Waals surface area contributed by atoms with E-state index in [-0.39, 0.29) is 12.3 Å². The summed E-state index contributed by atoms with van der Waals surface area (Å²) in [5.74, 6) is -0.816. The molecule has 0 aromatic carbocycles. The number of hydrogen-bond donors (Lipinski definition) is 0. The minimum absolute atomic E-state index is 0.137. The molecule has 5 heteroatoms. The molecule has 0 radical (unpaired) electrons. The van der Waals surface area contributed by atoms with Crippen molar-refractivity contribution in [3.05, 3.63) is 29.6 Å². The first kappa shape index (κ1) is 10.6. The highest BCUT2D eigenvalue weighted by Crippen LogP contribution is 2.21. The Labute approximate surface area is 79.7 Å². The lowest BCUT2D eigenvalue weighted by Gasteiger charge is -2.05. The van der Waals surface area contributed by atoms with Crippen LogP contribution in [0.25, 0.3) is 0 Å². The fraction of sp³-hybridized carbons (Fsp3) is 0.333. The lowest BCUT2D eigenvalue weighted by atomic mass is 10.2. The third-order valence-electron chi connectivity index (χ3n) is 1.54. The number of esters is 1. The number of pyridine rings is 1. The van der Waals surface area contributed by atoms with Gasteiger partial charge < -0.3 is 4.74 Å². The third-order valence-corrected chi connectivity index (χ3v) is 1.54. The minimum Gasteiger partial charge on any atom is -0.461 e. The molecule has 1 aromatic heterocycles. The molecule has 1 heterocycles. The molecule has 0 N–H and O–H groups in total. The van der Waals surface area contributed by atoms with Gasteiger partial charge in [0.05, 0.1) is 12.2 Å². The van der Waals surface area contributed by atoms with Crippen LogP contribution in [0.1, 0.15) is 29.4 Å². The average Bonchev–Trinajstić information content (AvgIpc) is 2.18. The molecule has 76 valence electrons. The van der Waals surface area contributed by atoms with Crippen molar-refractivity contribution < 1.29 is 18.3 Å². The van der Waals surface area contributed by atoms with Gasteiger partial charge in [-0.25, -0.2) is 18.6 Å². The SMILES string of the molecule is CCOC(=O)c1ncccc1C(F)F. The molecule has 0 spiro atoms. The Morgan fingerprint density at radius 3 is 2.93 bits per heavy atom. The largest absolute Gasteiger partial charge is 0.461 e. The molecule has 1 rings (SSSR count). The van der Waals surface area contributed by atoms with Crippen molar-refractivity contribution in [2.24, 2.45) is 0 Å². The van der Waals surface area contributed by atoms with Crippen LogP contribution in [0, 0.1) is 0 Å². The fourth-order valence-electron chi connectivity index (χ4n) is 0.964. The molecular formula is C9H9F2NO2. The van der Waals surface area contributed by atoms with Crippen LogP contribution < -0.4 is 0 Å². The second kappa shape index (κ2) is 4.64. The van der Waals surface area contributed by atoms with Crippen molar-refractivity contribution in [3.63, 3.8) is 0 Å². The van der Waals surface area contributed by atoms with E-state index in [9.17, 15) is 13.6 Å². The van der Waals surface area contributed by atoms with Crippen LogP contribution in [0.15, 0.2) is 18.3 Å². The Balaban J connectivity index is 3.00. The van der Waals surface area contributed by atoms with Gasteiger partial charge in [0.1, 0.15) is 0 Å². The summed E-state index contributed by atoms with van der Waals surface area (Å²) >= 11 is 0. The van der Waals surface area contributed by atoms with Gasteiger partial charge in [-0.15, -0.1) is 0 Å². The molecule has 0 amide bonds. The van der Waals surface area contributed by atoms with E-state index in [4.69, 9.17) is 0 Å². The van der Waals surface area contributed by atoms with Crippen molar-refractivity contribution in [3.8, 4) is 0 Å². The molecule has 0 unspecified atom stereocenters. The number of nitrogens with zero attached hydrogens (tertiary/aromatic N) is 1. The molecule has 0 fully saturated rings. The zero-order valence-corrected chi connectivity index (χ0v) is 7.54. The standard InChI is InChI=1S/C9H9F2NO2/c1-2-14-9(13)7-6(8(10)11)4-3-5-12-7/h3-5,8H,2H2,1H3. The normalized spacial score (nSPS) is 10.3. The van der Waals surface area contributed by atoms with Crippen molar-refractivity contribution in [1.82, 2.24) is 4.98 Å². The van der Waals surface area contributed by atoms with Gasteiger partial charge in [-0.2, -0.15) is 0 Å². The monoisotopic (exact) mass is 201 g/mol. The Bertz CT molecular complexity index is 328. The van der Waals surface area contributed by atoms with Gasteiger partial charge in [-0.3, -0.25) is 0 Å². The van der Waals surface area contributed by atoms with E-state index in [0.29, 0.717) is 0 Å². The quantitative estimate of drug-likeness (QED) is 0.703. The first-order valence-corrected chi connectivity index (χ1v) is 4.07. The van der Waals surface area contributed by atoms with Gasteiger partial charge in [0, 0.05) is 6.20 Å². The number of aromatic nitrogens is 1. The number of ether oxygens (including phenoxy) is 1. The summed E-state index contributed by atoms with van der Waals surface area (Å²) in [6, 6.07) is 2.51. The van der Waals surface area contributed by atoms with Crippen LogP contribution in [0.5, 0.6) is 0 Å². The van der Waals surface area contributed by atoms with E-state index in [1.165, 1.54) is 12.3 Å². The predicted molar refractivity (Wildman–Crippen MR) is 45.2 cm³/mol. The second-order valence-corrected chi connectivity index (χ2v) is 2.46. The Kier molecular flexibility index (Phi) is 3.50. The molecule has 1 aromatic rings. The summed E-state index contributed by atoms with van der Waals surface area (Å²) in [7, 11) is 0. The smallest absolute Gasteiger partial charge is 0.357 e. The number of halogens is 2. The summed E-state index contributed by atoms with van der Waals surface area (Å²) < 4.78 is 29.3. The second-order valence-electron chi connectivity index (χ2n) is 2.46. The van der Waals surface area contributed by atoms with Crippen LogP contribution in [-0.2, 0) is 4.74 Å². The maximum Gasteiger partial charge on any atom is 0.357 e. The van der Waals surface area contributed by atoms with Crippen LogP contribution in [0.4, 0.5) is 8.78 Å². The van der Waals surface area contributed by atoms with Gasteiger partial charge in [0.15, 0.2) is 5.69 Å². The molecule has 3 nitrogen and oxygen atoms in total. The van der Waals surface area contributed by atoms with Gasteiger partial charge >= 0.3 is 5.97 Å². The summed E-state index contributed by atoms with van der Waals surface area (Å²) in [6.45, 7) is 1.74. The Morgan fingerprint density at radius 1 is 1.64 bits per heavy atom. The molecule has 0 aliphatic carbocycles. The van der Waals surface area contributed by atoms with Gasteiger partial charge in [-0.05, 0) is 19.1 Å². The molecule has 0 atom stereocenters. The lowest BCUT2D eigenvalue weighted by molar-refractivity contribution is 0.0507. The number of rotatable bonds is 3. The first-order valence-electron chi connectivity index (χ1n) is 4.07. The number of hydrogen-bond acceptors (Lipinski definition) is 3. The van der Waals surface area contributed by atoms with Crippen LogP contribution in [0.2, 0.25) is 0 Å². The maximum atomic E-state index is 12.4. The van der Waals surface area contributed by atoms with Crippen molar-refractivity contribution in [1.29, 1.82) is 0 Å². The molecule has 0 aliphatic rings. The maximum absolute atomic E-state index is 12.4. The summed E-state index contributed by atoms with van der Waals surface area (Å²) in [5, 5.41) is 0. The van der Waals surface area contributed by atoms with Gasteiger partial charge in [-0.1, -0.05) is 0 Å². The number of carbonyl (C=O) groups is 1. The summed E-state index contributed by atoms with van der Waals surface area (Å²) in [6.07, 6.45) is -1.44. The van der Waals surface area contributed by atoms with Gasteiger partial charge in [0.2, 0.25) is 0 Å². The minimum atomic E-state index is -2.72. The number of carbonyl (C=O) groups excluding carboxylic acids is 1. The predicted octanol–water partition coefficient (Wildman–Crippen LogP) is 2.20. The topological polar surface area (TPSA) is 39.2 Å². The molecule has 14 heavy (non-hydrogen) atoms. The van der Waals surface area contributed by atoms with Crippen LogP contribution in [0.3, 0.4) is 0 Å². The highest BCUT2D eigenvalue weighted by Gasteiger charge is 2.19. The van der Waals surface area contributed by atoms with E-state index in [0.717, 1.165) is 6.07 Å². The Morgan fingerprint density at radius 2 is 2.36 bits per heavy atom. The van der Waals surface area contributed by atoms with Crippen LogP contribution >= 0.6 is 0 Å². The van der Waals surface area contributed by atoms with Crippen molar-refractivity contribution in [2.45, 2.75) is 13.3 Å². The highest BCUT2D eigenvalue weighted by atomic mass is 19.3. The van der Waals surface area contributed by atoms with E-state index in [2.05, 4.69) is 9.72 Å². The fourth-order valence-corrected chi connectivity index (χ4v) is 0.964. The van der Waals surface area contributed by atoms with Crippen LogP contribution in [-0.4, -0.2) is 17.6 Å². The molecule has 0 saturated heterocycles. The number of alkyl halides is 2. The molecular weight excluding hydrogens is 192 g/mol. The Hall–Kier alpha value is -1.52. The molecule has 0 aliphatic heterocycles. The third kappa shape index (κ3) is 2.25. The van der Waals surface area contributed by atoms with Crippen molar-refractivity contribution in [2.75, 3.05) is 6.61 Å². The highest BCUT2D eigenvalue weighted by molar-refractivity contribution is 5.88. The zero-order chi connectivity index (χ0) is 10.6. The lowest BCUT2D eigenvalue weighted by Crippen LogP contribution is -2.10. The van der Waals surface area contributed by atoms with E-state index < -0.39 is 18.0 Å². The van der Waals surface area contributed by atoms with E-state index in [1.807, 2.05) is 0 Å². The molecule has 0 bridgehead atoms. The molecule has 0 saturated carbocycles. The van der Waals surface area contributed by atoms with Gasteiger partial charge in [0.25, 0.3) is 6.43 Å². The average molecular weight is 201 g/mol. The first-order chi connectivity index (χ1) is 6.66.